The molecule has 22 heavy (non-hydrogen) atoms. The van der Waals surface area contributed by atoms with Gasteiger partial charge in [0.25, 0.3) is 5.91 Å². The number of carbonyl (C=O) groups is 1. The maximum Gasteiger partial charge on any atom is 0.276 e. The van der Waals surface area contributed by atoms with Gasteiger partial charge in [-0.3, -0.25) is 9.48 Å². The van der Waals surface area contributed by atoms with Crippen molar-refractivity contribution in [3.05, 3.63) is 28.5 Å². The summed E-state index contributed by atoms with van der Waals surface area (Å²) in [6.07, 6.45) is 5.88. The topological polar surface area (TPSA) is 75.9 Å². The number of nitrogens with one attached hydrogen (secondary N) is 1. The number of piperidine rings is 1. The van der Waals surface area contributed by atoms with Gasteiger partial charge >= 0.3 is 0 Å². The van der Waals surface area contributed by atoms with E-state index in [0.717, 1.165) is 24.6 Å². The zero-order valence-corrected chi connectivity index (χ0v) is 13.4. The first-order chi connectivity index (χ1) is 10.7. The molecule has 118 valence electrons. The molecule has 2 aromatic rings. The Morgan fingerprint density at radius 2 is 2.50 bits per heavy atom. The van der Waals surface area contributed by atoms with Gasteiger partial charge in [0.15, 0.2) is 5.69 Å². The maximum absolute atomic E-state index is 12.4. The van der Waals surface area contributed by atoms with Crippen LogP contribution in [0.4, 0.5) is 0 Å². The van der Waals surface area contributed by atoms with Gasteiger partial charge in [0.05, 0.1) is 12.7 Å². The lowest BCUT2D eigenvalue weighted by molar-refractivity contribution is 0.0779. The molecule has 1 atom stereocenters. The second-order valence-corrected chi connectivity index (χ2v) is 6.60. The van der Waals surface area contributed by atoms with Crippen molar-refractivity contribution in [1.29, 1.82) is 0 Å². The minimum Gasteiger partial charge on any atom is -0.334 e. The average Bonchev–Trinajstić information content (AvgIpc) is 3.19. The highest BCUT2D eigenvalue weighted by atomic mass is 32.1. The van der Waals surface area contributed by atoms with Crippen molar-refractivity contribution in [2.24, 2.45) is 5.92 Å². The van der Waals surface area contributed by atoms with E-state index in [2.05, 4.69) is 20.6 Å². The number of amides is 1. The summed E-state index contributed by atoms with van der Waals surface area (Å²) >= 11 is 1.54. The van der Waals surface area contributed by atoms with Crippen LogP contribution in [0.5, 0.6) is 0 Å². The predicted octanol–water partition coefficient (Wildman–Crippen LogP) is 1.01. The van der Waals surface area contributed by atoms with Gasteiger partial charge < -0.3 is 10.2 Å². The molecule has 0 saturated carbocycles. The third-order valence-electron chi connectivity index (χ3n) is 3.80. The molecule has 8 heteroatoms. The molecular weight excluding hydrogens is 300 g/mol. The van der Waals surface area contributed by atoms with Crippen LogP contribution < -0.4 is 5.32 Å². The minimum absolute atomic E-state index is 0.122. The number of carbonyl (C=O) groups excluding carboxylic acids is 1. The fourth-order valence-corrected chi connectivity index (χ4v) is 3.30. The standard InChI is InChI=1S/C14H20N6OS/c1-19(10-13-16-5-6-22-13)14(21)12-9-20(18-17-12)8-11-3-2-4-15-7-11/h5-6,9,11,15H,2-4,7-8,10H2,1H3/t11-/m0/s1. The third-order valence-corrected chi connectivity index (χ3v) is 4.57. The number of nitrogens with zero attached hydrogens (tertiary/aromatic N) is 5. The lowest BCUT2D eigenvalue weighted by atomic mass is 10.00. The molecule has 1 fully saturated rings. The summed E-state index contributed by atoms with van der Waals surface area (Å²) in [5, 5.41) is 14.3. The number of aromatic nitrogens is 4. The minimum atomic E-state index is -0.122. The van der Waals surface area contributed by atoms with Crippen LogP contribution in [0.2, 0.25) is 0 Å². The molecule has 0 radical (unpaired) electrons. The van der Waals surface area contributed by atoms with E-state index in [4.69, 9.17) is 0 Å². The largest absolute Gasteiger partial charge is 0.334 e. The maximum atomic E-state index is 12.4. The van der Waals surface area contributed by atoms with Crippen LogP contribution in [0.25, 0.3) is 0 Å². The SMILES string of the molecule is CN(Cc1nccs1)C(=O)c1cn(C[C@H]2CCCNC2)nn1. The van der Waals surface area contributed by atoms with Gasteiger partial charge in [-0.2, -0.15) is 0 Å². The first-order valence-electron chi connectivity index (χ1n) is 7.47. The van der Waals surface area contributed by atoms with E-state index in [-0.39, 0.29) is 5.91 Å². The molecule has 1 aliphatic heterocycles. The van der Waals surface area contributed by atoms with Crippen molar-refractivity contribution in [1.82, 2.24) is 30.2 Å². The average molecular weight is 320 g/mol. The molecule has 1 aliphatic rings. The molecule has 1 saturated heterocycles. The normalized spacial score (nSPS) is 18.3. The monoisotopic (exact) mass is 320 g/mol. The molecule has 3 heterocycles. The fourth-order valence-electron chi connectivity index (χ4n) is 2.63. The molecule has 0 unspecified atom stereocenters. The Morgan fingerprint density at radius 1 is 1.59 bits per heavy atom. The summed E-state index contributed by atoms with van der Waals surface area (Å²) in [5.41, 5.74) is 0.392. The van der Waals surface area contributed by atoms with E-state index >= 15 is 0 Å². The Kier molecular flexibility index (Phi) is 4.79. The second kappa shape index (κ2) is 6.97. The van der Waals surface area contributed by atoms with Crippen LogP contribution >= 0.6 is 11.3 Å². The first kappa shape index (κ1) is 15.1. The van der Waals surface area contributed by atoms with Crippen molar-refractivity contribution >= 4 is 17.2 Å². The molecule has 0 spiro atoms. The van der Waals surface area contributed by atoms with Crippen molar-refractivity contribution in [3.8, 4) is 0 Å². The quantitative estimate of drug-likeness (QED) is 0.890. The Labute approximate surface area is 133 Å². The van der Waals surface area contributed by atoms with Gasteiger partial charge in [-0.25, -0.2) is 4.98 Å². The van der Waals surface area contributed by atoms with Crippen molar-refractivity contribution in [2.45, 2.75) is 25.9 Å². The third kappa shape index (κ3) is 3.69. The molecule has 0 bridgehead atoms. The van der Waals surface area contributed by atoms with E-state index in [1.54, 1.807) is 29.0 Å². The molecule has 3 rings (SSSR count). The van der Waals surface area contributed by atoms with E-state index < -0.39 is 0 Å². The van der Waals surface area contributed by atoms with Gasteiger partial charge in [-0.1, -0.05) is 5.21 Å². The highest BCUT2D eigenvalue weighted by Gasteiger charge is 2.19. The predicted molar refractivity (Wildman–Crippen MR) is 83.5 cm³/mol. The van der Waals surface area contributed by atoms with E-state index in [1.807, 2.05) is 5.38 Å². The number of thiazole rings is 1. The van der Waals surface area contributed by atoms with Gasteiger partial charge in [0, 0.05) is 25.2 Å². The zero-order valence-electron chi connectivity index (χ0n) is 12.6. The molecule has 7 nitrogen and oxygen atoms in total. The molecule has 0 aliphatic carbocycles. The second-order valence-electron chi connectivity index (χ2n) is 5.63. The summed E-state index contributed by atoms with van der Waals surface area (Å²) in [7, 11) is 1.76. The number of hydrogen-bond donors (Lipinski definition) is 1. The number of hydrogen-bond acceptors (Lipinski definition) is 6. The smallest absolute Gasteiger partial charge is 0.276 e. The lowest BCUT2D eigenvalue weighted by Crippen LogP contribution is -2.32. The summed E-state index contributed by atoms with van der Waals surface area (Å²) in [5.74, 6) is 0.440. The van der Waals surface area contributed by atoms with Gasteiger partial charge in [0.1, 0.15) is 5.01 Å². The Balaban J connectivity index is 1.58. The zero-order chi connectivity index (χ0) is 15.4. The Bertz CT molecular complexity index is 605. The van der Waals surface area contributed by atoms with E-state index in [0.29, 0.717) is 18.2 Å². The van der Waals surface area contributed by atoms with E-state index in [1.165, 1.54) is 24.2 Å². The van der Waals surface area contributed by atoms with Crippen LogP contribution in [0.15, 0.2) is 17.8 Å². The molecule has 0 aromatic carbocycles. The van der Waals surface area contributed by atoms with E-state index in [9.17, 15) is 4.79 Å². The lowest BCUT2D eigenvalue weighted by Gasteiger charge is -2.22. The van der Waals surface area contributed by atoms with Crippen molar-refractivity contribution in [3.63, 3.8) is 0 Å². The first-order valence-corrected chi connectivity index (χ1v) is 8.35. The highest BCUT2D eigenvalue weighted by molar-refractivity contribution is 7.09. The highest BCUT2D eigenvalue weighted by Crippen LogP contribution is 2.13. The molecular formula is C14H20N6OS. The van der Waals surface area contributed by atoms with Crippen LogP contribution in [-0.4, -0.2) is 50.9 Å². The fraction of sp³-hybridized carbons (Fsp3) is 0.571. The van der Waals surface area contributed by atoms with Crippen molar-refractivity contribution < 1.29 is 4.79 Å². The van der Waals surface area contributed by atoms with Crippen LogP contribution in [-0.2, 0) is 13.1 Å². The van der Waals surface area contributed by atoms with Crippen LogP contribution in [0.3, 0.4) is 0 Å². The molecule has 1 amide bonds. The van der Waals surface area contributed by atoms with Crippen LogP contribution in [0.1, 0.15) is 28.3 Å². The van der Waals surface area contributed by atoms with Gasteiger partial charge in [0.2, 0.25) is 0 Å². The van der Waals surface area contributed by atoms with Gasteiger partial charge in [-0.15, -0.1) is 16.4 Å². The summed E-state index contributed by atoms with van der Waals surface area (Å²) in [4.78, 5) is 18.2. The molecule has 2 aromatic heterocycles. The van der Waals surface area contributed by atoms with Gasteiger partial charge in [-0.05, 0) is 31.8 Å². The summed E-state index contributed by atoms with van der Waals surface area (Å²) in [6.45, 7) is 3.41. The summed E-state index contributed by atoms with van der Waals surface area (Å²) < 4.78 is 1.78. The summed E-state index contributed by atoms with van der Waals surface area (Å²) in [6, 6.07) is 0. The Morgan fingerprint density at radius 3 is 3.23 bits per heavy atom. The Hall–Kier alpha value is -1.80. The van der Waals surface area contributed by atoms with Crippen LogP contribution in [0, 0.1) is 5.92 Å². The molecule has 1 N–H and O–H groups in total. The number of rotatable bonds is 5. The van der Waals surface area contributed by atoms with Crippen molar-refractivity contribution in [2.75, 3.05) is 20.1 Å².